The monoisotopic (exact) mass is 287 g/mol. The van der Waals surface area contributed by atoms with Crippen LogP contribution in [-0.4, -0.2) is 22.9 Å². The average Bonchev–Trinajstić information content (AvgIpc) is 2.21. The summed E-state index contributed by atoms with van der Waals surface area (Å²) < 4.78 is 35.5. The van der Waals surface area contributed by atoms with Gasteiger partial charge in [0.15, 0.2) is 10.3 Å². The van der Waals surface area contributed by atoms with E-state index in [2.05, 4.69) is 15.5 Å². The lowest BCUT2D eigenvalue weighted by atomic mass is 10.2. The van der Waals surface area contributed by atoms with Crippen LogP contribution in [0.2, 0.25) is 10.3 Å². The molecule has 0 spiro atoms. The number of hydrogen-bond acceptors (Lipinski definition) is 3. The minimum Gasteiger partial charge on any atom is -0.382 e. The van der Waals surface area contributed by atoms with Crippen molar-refractivity contribution in [3.63, 3.8) is 0 Å². The molecule has 0 radical (unpaired) electrons. The molecule has 96 valence electrons. The highest BCUT2D eigenvalue weighted by atomic mass is 35.5. The maximum Gasteiger partial charge on any atom is 0.389 e. The molecule has 1 aromatic rings. The van der Waals surface area contributed by atoms with Crippen LogP contribution in [0, 0.1) is 0 Å². The quantitative estimate of drug-likeness (QED) is 0.834. The van der Waals surface area contributed by atoms with Crippen molar-refractivity contribution in [2.45, 2.75) is 25.4 Å². The first-order chi connectivity index (χ1) is 7.88. The van der Waals surface area contributed by atoms with E-state index in [1.165, 1.54) is 6.07 Å². The molecule has 1 heterocycles. The molecule has 0 aliphatic carbocycles. The largest absolute Gasteiger partial charge is 0.389 e. The molecule has 0 atom stereocenters. The maximum atomic E-state index is 11.8. The van der Waals surface area contributed by atoms with Crippen LogP contribution in [0.5, 0.6) is 0 Å². The van der Waals surface area contributed by atoms with Gasteiger partial charge >= 0.3 is 6.18 Å². The molecule has 0 saturated carbocycles. The summed E-state index contributed by atoms with van der Waals surface area (Å²) in [6.07, 6.45) is -4.42. The van der Waals surface area contributed by atoms with E-state index in [1.54, 1.807) is 0 Å². The van der Waals surface area contributed by atoms with Crippen LogP contribution in [-0.2, 0) is 0 Å². The van der Waals surface area contributed by atoms with Gasteiger partial charge < -0.3 is 5.32 Å². The second-order valence-corrected chi connectivity index (χ2v) is 4.12. The third-order valence-corrected chi connectivity index (χ3v) is 2.39. The van der Waals surface area contributed by atoms with Crippen molar-refractivity contribution < 1.29 is 13.2 Å². The Kier molecular flexibility index (Phi) is 5.27. The van der Waals surface area contributed by atoms with E-state index in [-0.39, 0.29) is 16.7 Å². The Morgan fingerprint density at radius 3 is 2.53 bits per heavy atom. The Hall–Kier alpha value is -0.750. The number of unbranched alkanes of at least 4 members (excludes halogenated alkanes) is 1. The third kappa shape index (κ3) is 5.93. The number of halogens is 5. The third-order valence-electron chi connectivity index (χ3n) is 1.92. The zero-order chi connectivity index (χ0) is 12.9. The summed E-state index contributed by atoms with van der Waals surface area (Å²) in [5, 5.41) is 10.2. The first kappa shape index (κ1) is 14.3. The van der Waals surface area contributed by atoms with Gasteiger partial charge in [0.2, 0.25) is 0 Å². The van der Waals surface area contributed by atoms with Crippen LogP contribution in [0.15, 0.2) is 6.07 Å². The van der Waals surface area contributed by atoms with Crippen LogP contribution in [0.1, 0.15) is 19.3 Å². The van der Waals surface area contributed by atoms with Crippen molar-refractivity contribution >= 4 is 28.9 Å². The van der Waals surface area contributed by atoms with E-state index in [1.807, 2.05) is 0 Å². The van der Waals surface area contributed by atoms with Crippen molar-refractivity contribution in [3.8, 4) is 0 Å². The van der Waals surface area contributed by atoms with Gasteiger partial charge in [-0.15, -0.1) is 10.2 Å². The molecule has 8 heteroatoms. The van der Waals surface area contributed by atoms with E-state index in [0.29, 0.717) is 18.7 Å². The number of aromatic nitrogens is 2. The van der Waals surface area contributed by atoms with Crippen molar-refractivity contribution in [3.05, 3.63) is 16.4 Å². The number of alkyl halides is 3. The fraction of sp³-hybridized carbons (Fsp3) is 0.556. The summed E-state index contributed by atoms with van der Waals surface area (Å²) >= 11 is 11.3. The predicted octanol–water partition coefficient (Wildman–Crippen LogP) is 3.93. The van der Waals surface area contributed by atoms with Crippen molar-refractivity contribution in [2.75, 3.05) is 11.9 Å². The van der Waals surface area contributed by atoms with Crippen LogP contribution < -0.4 is 5.32 Å². The smallest absolute Gasteiger partial charge is 0.382 e. The van der Waals surface area contributed by atoms with Gasteiger partial charge in [-0.3, -0.25) is 0 Å². The standard InChI is InChI=1S/C9H10Cl2F3N3/c10-7-5-6(8(11)17-16-7)15-4-2-1-3-9(12,13)14/h5H,1-4H2,(H,15,16). The van der Waals surface area contributed by atoms with Gasteiger partial charge in [0, 0.05) is 19.0 Å². The van der Waals surface area contributed by atoms with E-state index >= 15 is 0 Å². The van der Waals surface area contributed by atoms with Gasteiger partial charge in [-0.25, -0.2) is 0 Å². The topological polar surface area (TPSA) is 37.8 Å². The molecule has 1 rings (SSSR count). The molecule has 1 N–H and O–H groups in total. The fourth-order valence-corrected chi connectivity index (χ4v) is 1.46. The molecule has 0 saturated heterocycles. The second-order valence-electron chi connectivity index (χ2n) is 3.37. The minimum absolute atomic E-state index is 0.0698. The minimum atomic E-state index is -4.10. The number of rotatable bonds is 5. The Balaban J connectivity index is 2.29. The first-order valence-electron chi connectivity index (χ1n) is 4.88. The molecule has 1 aromatic heterocycles. The van der Waals surface area contributed by atoms with Gasteiger partial charge in [-0.2, -0.15) is 13.2 Å². The zero-order valence-electron chi connectivity index (χ0n) is 8.69. The Labute approximate surface area is 106 Å². The molecule has 0 unspecified atom stereocenters. The summed E-state index contributed by atoms with van der Waals surface area (Å²) in [7, 11) is 0. The molecule has 3 nitrogen and oxygen atoms in total. The highest BCUT2D eigenvalue weighted by molar-refractivity contribution is 6.33. The van der Waals surface area contributed by atoms with Gasteiger partial charge in [-0.05, 0) is 12.8 Å². The van der Waals surface area contributed by atoms with E-state index in [9.17, 15) is 13.2 Å². The molecule has 0 bridgehead atoms. The van der Waals surface area contributed by atoms with Crippen molar-refractivity contribution in [1.82, 2.24) is 10.2 Å². The summed E-state index contributed by atoms with van der Waals surface area (Å²) in [4.78, 5) is 0. The lowest BCUT2D eigenvalue weighted by molar-refractivity contribution is -0.135. The lowest BCUT2D eigenvalue weighted by Crippen LogP contribution is -2.09. The molecule has 17 heavy (non-hydrogen) atoms. The van der Waals surface area contributed by atoms with Gasteiger partial charge in [0.05, 0.1) is 5.69 Å². The van der Waals surface area contributed by atoms with Crippen LogP contribution in [0.4, 0.5) is 18.9 Å². The second kappa shape index (κ2) is 6.26. The maximum absolute atomic E-state index is 11.8. The molecule has 0 amide bonds. The van der Waals surface area contributed by atoms with Crippen LogP contribution >= 0.6 is 23.2 Å². The highest BCUT2D eigenvalue weighted by Gasteiger charge is 2.25. The van der Waals surface area contributed by atoms with E-state index in [4.69, 9.17) is 23.2 Å². The average molecular weight is 288 g/mol. The zero-order valence-corrected chi connectivity index (χ0v) is 10.2. The normalized spacial score (nSPS) is 11.6. The molecular weight excluding hydrogens is 278 g/mol. The summed E-state index contributed by atoms with van der Waals surface area (Å²) in [5.74, 6) is 0. The first-order valence-corrected chi connectivity index (χ1v) is 5.63. The highest BCUT2D eigenvalue weighted by Crippen LogP contribution is 2.23. The number of nitrogens with zero attached hydrogens (tertiary/aromatic N) is 2. The summed E-state index contributed by atoms with van der Waals surface area (Å²) in [6.45, 7) is 0.373. The SMILES string of the molecule is FC(F)(F)CCCCNc1cc(Cl)nnc1Cl. The molecular formula is C9H10Cl2F3N3. The van der Waals surface area contributed by atoms with E-state index < -0.39 is 12.6 Å². The van der Waals surface area contributed by atoms with Crippen molar-refractivity contribution in [1.29, 1.82) is 0 Å². The molecule has 0 aliphatic rings. The fourth-order valence-electron chi connectivity index (χ4n) is 1.15. The molecule has 0 aromatic carbocycles. The van der Waals surface area contributed by atoms with Crippen LogP contribution in [0.3, 0.4) is 0 Å². The van der Waals surface area contributed by atoms with Crippen molar-refractivity contribution in [2.24, 2.45) is 0 Å². The summed E-state index contributed by atoms with van der Waals surface area (Å²) in [6, 6.07) is 1.47. The predicted molar refractivity (Wildman–Crippen MR) is 60.4 cm³/mol. The van der Waals surface area contributed by atoms with Crippen LogP contribution in [0.25, 0.3) is 0 Å². The molecule has 0 fully saturated rings. The van der Waals surface area contributed by atoms with Gasteiger partial charge in [0.25, 0.3) is 0 Å². The van der Waals surface area contributed by atoms with Gasteiger partial charge in [-0.1, -0.05) is 23.2 Å². The van der Waals surface area contributed by atoms with Gasteiger partial charge in [0.1, 0.15) is 0 Å². The van der Waals surface area contributed by atoms with E-state index in [0.717, 1.165) is 0 Å². The number of anilines is 1. The Bertz CT molecular complexity index is 371. The number of nitrogens with one attached hydrogen (secondary N) is 1. The lowest BCUT2D eigenvalue weighted by Gasteiger charge is -2.08. The number of hydrogen-bond donors (Lipinski definition) is 1. The Morgan fingerprint density at radius 1 is 1.18 bits per heavy atom. The Morgan fingerprint density at radius 2 is 1.88 bits per heavy atom. The molecule has 0 aliphatic heterocycles. The summed E-state index contributed by atoms with van der Waals surface area (Å²) in [5.41, 5.74) is 0.471.